The molecule has 0 radical (unpaired) electrons. The van der Waals surface area contributed by atoms with E-state index >= 15 is 0 Å². The van der Waals surface area contributed by atoms with Crippen molar-refractivity contribution in [2.24, 2.45) is 0 Å². The summed E-state index contributed by atoms with van der Waals surface area (Å²) in [6.07, 6.45) is 1.72. The van der Waals surface area contributed by atoms with Crippen molar-refractivity contribution < 1.29 is 19.4 Å². The number of ether oxygens (including phenoxy) is 1. The predicted molar refractivity (Wildman–Crippen MR) is 85.7 cm³/mol. The fourth-order valence-corrected chi connectivity index (χ4v) is 3.94. The Hall–Kier alpha value is -1.56. The van der Waals surface area contributed by atoms with Gasteiger partial charge < -0.3 is 14.7 Å². The summed E-state index contributed by atoms with van der Waals surface area (Å²) in [5, 5.41) is 10.9. The summed E-state index contributed by atoms with van der Waals surface area (Å²) in [6, 6.07) is 0. The van der Waals surface area contributed by atoms with E-state index in [1.165, 1.54) is 11.3 Å². The molecule has 1 aliphatic carbocycles. The van der Waals surface area contributed by atoms with Gasteiger partial charge in [0.15, 0.2) is 0 Å². The maximum absolute atomic E-state index is 12.3. The molecular formula is C16H23NO4S. The molecule has 1 aromatic heterocycles. The lowest BCUT2D eigenvalue weighted by Crippen LogP contribution is -2.52. The van der Waals surface area contributed by atoms with Crippen LogP contribution >= 0.6 is 11.3 Å². The van der Waals surface area contributed by atoms with Gasteiger partial charge >= 0.3 is 12.1 Å². The molecule has 0 saturated heterocycles. The van der Waals surface area contributed by atoms with Gasteiger partial charge in [0.2, 0.25) is 0 Å². The summed E-state index contributed by atoms with van der Waals surface area (Å²) < 4.78 is 5.45. The van der Waals surface area contributed by atoms with Gasteiger partial charge in [0.1, 0.15) is 5.60 Å². The van der Waals surface area contributed by atoms with Crippen LogP contribution in [0, 0.1) is 0 Å². The van der Waals surface area contributed by atoms with Gasteiger partial charge in [-0.3, -0.25) is 0 Å². The lowest BCUT2D eigenvalue weighted by Gasteiger charge is -2.42. The number of amides is 1. The molecular weight excluding hydrogens is 302 g/mol. The molecule has 1 unspecified atom stereocenters. The molecule has 1 aliphatic rings. The van der Waals surface area contributed by atoms with E-state index < -0.39 is 11.6 Å². The van der Waals surface area contributed by atoms with Crippen LogP contribution in [0.4, 0.5) is 4.79 Å². The van der Waals surface area contributed by atoms with Gasteiger partial charge in [-0.1, -0.05) is 0 Å². The molecule has 1 aromatic rings. The molecule has 0 aliphatic heterocycles. The van der Waals surface area contributed by atoms with Gasteiger partial charge in [0.25, 0.3) is 0 Å². The average Bonchev–Trinajstić information content (AvgIpc) is 2.78. The first kappa shape index (κ1) is 16.8. The van der Waals surface area contributed by atoms with Crippen LogP contribution in [0.15, 0.2) is 5.38 Å². The van der Waals surface area contributed by atoms with Crippen molar-refractivity contribution in [3.63, 3.8) is 0 Å². The Morgan fingerprint density at radius 2 is 2.05 bits per heavy atom. The Morgan fingerprint density at radius 1 is 1.41 bits per heavy atom. The second-order valence-electron chi connectivity index (χ2n) is 7.07. The Kier molecular flexibility index (Phi) is 4.26. The van der Waals surface area contributed by atoms with Crippen LogP contribution < -0.4 is 0 Å². The zero-order valence-electron chi connectivity index (χ0n) is 13.7. The number of carbonyl (C=O) groups is 2. The normalized spacial score (nSPS) is 21.1. The molecule has 5 nitrogen and oxygen atoms in total. The van der Waals surface area contributed by atoms with Gasteiger partial charge in [-0.15, -0.1) is 11.3 Å². The maximum atomic E-state index is 12.3. The van der Waals surface area contributed by atoms with Crippen LogP contribution in [-0.2, 0) is 17.6 Å². The molecule has 0 bridgehead atoms. The van der Waals surface area contributed by atoms with Crippen LogP contribution in [-0.4, -0.2) is 40.3 Å². The smallest absolute Gasteiger partial charge is 0.410 e. The van der Waals surface area contributed by atoms with E-state index in [2.05, 4.69) is 0 Å². The second kappa shape index (κ2) is 5.57. The van der Waals surface area contributed by atoms with Crippen LogP contribution in [0.25, 0.3) is 0 Å². The topological polar surface area (TPSA) is 66.8 Å². The van der Waals surface area contributed by atoms with E-state index in [0.29, 0.717) is 18.4 Å². The number of hydrogen-bond acceptors (Lipinski definition) is 4. The summed E-state index contributed by atoms with van der Waals surface area (Å²) in [7, 11) is 1.75. The standard InChI is InChI=1S/C16H23NO4S/c1-15(2,3)21-14(20)17(5)16(4)7-6-10-11(13(18)19)9-22-12(10)8-16/h9H,6-8H2,1-5H3,(H,18,19). The number of likely N-dealkylation sites (N-methyl/N-ethyl adjacent to an activating group) is 1. The first-order valence-electron chi connectivity index (χ1n) is 7.33. The first-order valence-corrected chi connectivity index (χ1v) is 8.21. The van der Waals surface area contributed by atoms with Crippen molar-refractivity contribution >= 4 is 23.4 Å². The number of carboxylic acids is 1. The Balaban J connectivity index is 2.19. The van der Waals surface area contributed by atoms with E-state index in [9.17, 15) is 14.7 Å². The van der Waals surface area contributed by atoms with E-state index in [1.54, 1.807) is 17.3 Å². The molecule has 2 rings (SSSR count). The SMILES string of the molecule is CN(C(=O)OC(C)(C)C)C1(C)CCc2c(C(=O)O)csc2C1. The Bertz CT molecular complexity index is 602. The lowest BCUT2D eigenvalue weighted by molar-refractivity contribution is 0.00562. The molecule has 0 fully saturated rings. The van der Waals surface area contributed by atoms with Crippen molar-refractivity contribution in [2.45, 2.75) is 58.1 Å². The molecule has 1 N–H and O–H groups in total. The molecule has 1 heterocycles. The maximum Gasteiger partial charge on any atom is 0.410 e. The first-order chi connectivity index (χ1) is 10.0. The predicted octanol–water partition coefficient (Wildman–Crippen LogP) is 3.56. The highest BCUT2D eigenvalue weighted by molar-refractivity contribution is 7.10. The van der Waals surface area contributed by atoms with Crippen LogP contribution in [0.3, 0.4) is 0 Å². The van der Waals surface area contributed by atoms with E-state index in [4.69, 9.17) is 4.74 Å². The third-order valence-electron chi connectivity index (χ3n) is 4.14. The second-order valence-corrected chi connectivity index (χ2v) is 8.03. The van der Waals surface area contributed by atoms with E-state index in [0.717, 1.165) is 16.9 Å². The molecule has 1 amide bonds. The summed E-state index contributed by atoms with van der Waals surface area (Å²) in [5.41, 5.74) is 0.450. The quantitative estimate of drug-likeness (QED) is 0.903. The van der Waals surface area contributed by atoms with Crippen molar-refractivity contribution in [3.8, 4) is 0 Å². The van der Waals surface area contributed by atoms with Crippen LogP contribution in [0.1, 0.15) is 54.9 Å². The van der Waals surface area contributed by atoms with Gasteiger partial charge in [-0.25, -0.2) is 9.59 Å². The minimum absolute atomic E-state index is 0.339. The number of aromatic carboxylic acids is 1. The lowest BCUT2D eigenvalue weighted by atomic mass is 9.81. The molecule has 6 heteroatoms. The zero-order chi connectivity index (χ0) is 16.7. The Labute approximate surface area is 134 Å². The third-order valence-corrected chi connectivity index (χ3v) is 5.17. The molecule has 0 saturated carbocycles. The average molecular weight is 325 g/mol. The number of nitrogens with zero attached hydrogens (tertiary/aromatic N) is 1. The number of hydrogen-bond donors (Lipinski definition) is 1. The van der Waals surface area contributed by atoms with Gasteiger partial charge in [-0.05, 0) is 46.1 Å². The summed E-state index contributed by atoms with van der Waals surface area (Å²) >= 11 is 1.47. The number of carbonyl (C=O) groups excluding carboxylic acids is 1. The fourth-order valence-electron chi connectivity index (χ4n) is 2.69. The highest BCUT2D eigenvalue weighted by Crippen LogP contribution is 2.38. The summed E-state index contributed by atoms with van der Waals surface area (Å²) in [5.74, 6) is -0.874. The third kappa shape index (κ3) is 3.27. The summed E-state index contributed by atoms with van der Waals surface area (Å²) in [6.45, 7) is 7.56. The van der Waals surface area contributed by atoms with E-state index in [-0.39, 0.29) is 11.6 Å². The van der Waals surface area contributed by atoms with Gasteiger partial charge in [-0.2, -0.15) is 0 Å². The van der Waals surface area contributed by atoms with Crippen molar-refractivity contribution in [2.75, 3.05) is 7.05 Å². The van der Waals surface area contributed by atoms with Gasteiger partial charge in [0, 0.05) is 29.3 Å². The monoisotopic (exact) mass is 325 g/mol. The molecule has 0 aromatic carbocycles. The number of rotatable bonds is 2. The Morgan fingerprint density at radius 3 is 2.59 bits per heavy atom. The highest BCUT2D eigenvalue weighted by Gasteiger charge is 2.39. The van der Waals surface area contributed by atoms with Crippen LogP contribution in [0.2, 0.25) is 0 Å². The van der Waals surface area contributed by atoms with Gasteiger partial charge in [0.05, 0.1) is 5.56 Å². The molecule has 22 heavy (non-hydrogen) atoms. The van der Waals surface area contributed by atoms with Crippen LogP contribution in [0.5, 0.6) is 0 Å². The zero-order valence-corrected chi connectivity index (χ0v) is 14.5. The number of fused-ring (bicyclic) bond motifs is 1. The summed E-state index contributed by atoms with van der Waals surface area (Å²) in [4.78, 5) is 26.2. The van der Waals surface area contributed by atoms with Crippen molar-refractivity contribution in [3.05, 3.63) is 21.4 Å². The minimum Gasteiger partial charge on any atom is -0.478 e. The molecule has 0 spiro atoms. The molecule has 122 valence electrons. The fraction of sp³-hybridized carbons (Fsp3) is 0.625. The number of thiophene rings is 1. The van der Waals surface area contributed by atoms with Crippen molar-refractivity contribution in [1.29, 1.82) is 0 Å². The van der Waals surface area contributed by atoms with Crippen molar-refractivity contribution in [1.82, 2.24) is 4.90 Å². The number of carboxylic acid groups (broad SMARTS) is 1. The molecule has 1 atom stereocenters. The van der Waals surface area contributed by atoms with E-state index in [1.807, 2.05) is 27.7 Å². The minimum atomic E-state index is -0.874. The largest absolute Gasteiger partial charge is 0.478 e. The highest BCUT2D eigenvalue weighted by atomic mass is 32.1.